The van der Waals surface area contributed by atoms with Crippen LogP contribution in [-0.4, -0.2) is 63.7 Å². The molecule has 2 heterocycles. The van der Waals surface area contributed by atoms with Crippen LogP contribution in [0.5, 0.6) is 11.5 Å². The van der Waals surface area contributed by atoms with Crippen molar-refractivity contribution in [3.8, 4) is 11.5 Å². The number of aromatic nitrogens is 2. The Balaban J connectivity index is 0.000000208. The molecule has 0 atom stereocenters. The van der Waals surface area contributed by atoms with E-state index in [9.17, 15) is 49.8 Å². The summed E-state index contributed by atoms with van der Waals surface area (Å²) in [5.74, 6) is -3.77. The first-order valence-corrected chi connectivity index (χ1v) is 17.3. The number of hydrogen-bond donors (Lipinski definition) is 6. The molecule has 0 spiro atoms. The molecule has 0 aliphatic carbocycles. The second-order valence-corrected chi connectivity index (χ2v) is 13.7. The Morgan fingerprint density at radius 2 is 1.07 bits per heavy atom. The van der Waals surface area contributed by atoms with Crippen LogP contribution in [0.15, 0.2) is 84.9 Å². The lowest BCUT2D eigenvalue weighted by atomic mass is 9.98. The SMILES string of the molecule is CC(C)c1c(CC(=O)O)c2c(C(=O)O)cccc2n1Cc1cccc(O)c1.CC(C)c1c(CC(=O)O)c2cc(C(=O)O)ccc2n1Cc1cccc(O)c1. The molecule has 2 aromatic heterocycles. The van der Waals surface area contributed by atoms with Crippen LogP contribution >= 0.6 is 0 Å². The lowest BCUT2D eigenvalue weighted by Gasteiger charge is -2.15. The molecule has 6 N–H and O–H groups in total. The van der Waals surface area contributed by atoms with E-state index in [4.69, 9.17) is 0 Å². The minimum Gasteiger partial charge on any atom is -0.508 e. The van der Waals surface area contributed by atoms with Gasteiger partial charge in [-0.1, -0.05) is 58.0 Å². The summed E-state index contributed by atoms with van der Waals surface area (Å²) in [7, 11) is 0. The van der Waals surface area contributed by atoms with Gasteiger partial charge in [-0.2, -0.15) is 0 Å². The largest absolute Gasteiger partial charge is 0.508 e. The van der Waals surface area contributed by atoms with Crippen LogP contribution in [0.2, 0.25) is 0 Å². The molecule has 0 amide bonds. The standard InChI is InChI=1S/2C21H21NO5/c1-12(2)20-16(10-18(24)25)19-15(21(26)27)7-4-8-17(19)22(20)11-13-5-3-6-14(23)9-13;1-12(2)20-17(10-19(24)25)16-9-14(21(26)27)6-7-18(16)22(20)11-13-4-3-5-15(23)8-13/h2*3-9,12,23H,10-11H2,1-2H3,(H,24,25)(H,26,27). The first-order chi connectivity index (χ1) is 25.6. The molecular weight excluding hydrogens is 692 g/mol. The smallest absolute Gasteiger partial charge is 0.336 e. The molecule has 280 valence electrons. The number of carbonyl (C=O) groups is 4. The molecule has 0 saturated heterocycles. The summed E-state index contributed by atoms with van der Waals surface area (Å²) in [6.45, 7) is 8.73. The zero-order valence-corrected chi connectivity index (χ0v) is 30.3. The number of hydrogen-bond acceptors (Lipinski definition) is 6. The average Bonchev–Trinajstić information content (AvgIpc) is 3.55. The molecule has 0 aliphatic rings. The van der Waals surface area contributed by atoms with Crippen LogP contribution in [0.25, 0.3) is 21.8 Å². The van der Waals surface area contributed by atoms with Crippen LogP contribution in [0.3, 0.4) is 0 Å². The summed E-state index contributed by atoms with van der Waals surface area (Å²) in [5, 5.41) is 58.3. The van der Waals surface area contributed by atoms with E-state index in [0.29, 0.717) is 40.5 Å². The number of aliphatic carboxylic acids is 2. The molecule has 12 heteroatoms. The van der Waals surface area contributed by atoms with Crippen LogP contribution in [-0.2, 0) is 35.5 Å². The fourth-order valence-corrected chi connectivity index (χ4v) is 7.26. The molecule has 12 nitrogen and oxygen atoms in total. The molecule has 0 bridgehead atoms. The summed E-state index contributed by atoms with van der Waals surface area (Å²) in [6, 6.07) is 23.5. The van der Waals surface area contributed by atoms with Gasteiger partial charge in [0.15, 0.2) is 0 Å². The molecular formula is C42H42N2O10. The summed E-state index contributed by atoms with van der Waals surface area (Å²) in [5.41, 5.74) is 6.22. The maximum atomic E-state index is 11.8. The van der Waals surface area contributed by atoms with Gasteiger partial charge in [0.05, 0.1) is 24.0 Å². The van der Waals surface area contributed by atoms with E-state index in [1.807, 2.05) is 55.0 Å². The van der Waals surface area contributed by atoms with E-state index in [-0.39, 0.29) is 47.3 Å². The Labute approximate surface area is 310 Å². The predicted octanol–water partition coefficient (Wildman–Crippen LogP) is 7.69. The average molecular weight is 735 g/mol. The normalized spacial score (nSPS) is 11.2. The summed E-state index contributed by atoms with van der Waals surface area (Å²) in [6.07, 6.45) is -0.429. The molecule has 0 saturated carbocycles. The number of benzene rings is 4. The monoisotopic (exact) mass is 734 g/mol. The van der Waals surface area contributed by atoms with Gasteiger partial charge in [0.1, 0.15) is 11.5 Å². The van der Waals surface area contributed by atoms with Crippen molar-refractivity contribution in [3.63, 3.8) is 0 Å². The lowest BCUT2D eigenvalue weighted by molar-refractivity contribution is -0.137. The Hall–Kier alpha value is -6.56. The fraction of sp³-hybridized carbons (Fsp3) is 0.238. The summed E-state index contributed by atoms with van der Waals surface area (Å²) < 4.78 is 3.97. The Morgan fingerprint density at radius 3 is 1.56 bits per heavy atom. The van der Waals surface area contributed by atoms with Gasteiger partial charge in [-0.25, -0.2) is 9.59 Å². The first-order valence-electron chi connectivity index (χ1n) is 17.3. The van der Waals surface area contributed by atoms with E-state index < -0.39 is 23.9 Å². The highest BCUT2D eigenvalue weighted by Crippen LogP contribution is 2.36. The summed E-state index contributed by atoms with van der Waals surface area (Å²) in [4.78, 5) is 46.1. The minimum absolute atomic E-state index is 0.00861. The van der Waals surface area contributed by atoms with Crippen molar-refractivity contribution in [2.45, 2.75) is 65.5 Å². The number of nitrogens with zero attached hydrogens (tertiary/aromatic N) is 2. The van der Waals surface area contributed by atoms with Crippen molar-refractivity contribution in [2.24, 2.45) is 0 Å². The third-order valence-electron chi connectivity index (χ3n) is 9.18. The molecule has 0 fully saturated rings. The first kappa shape index (κ1) is 38.7. The number of fused-ring (bicyclic) bond motifs is 2. The molecule has 0 unspecified atom stereocenters. The topological polar surface area (TPSA) is 200 Å². The summed E-state index contributed by atoms with van der Waals surface area (Å²) >= 11 is 0. The number of phenolic OH excluding ortho intramolecular Hbond substituents is 2. The number of carboxylic acids is 4. The number of aromatic carboxylic acids is 2. The van der Waals surface area contributed by atoms with Crippen LogP contribution in [0, 0.1) is 0 Å². The third kappa shape index (κ3) is 8.23. The van der Waals surface area contributed by atoms with Crippen LogP contribution < -0.4 is 0 Å². The maximum Gasteiger partial charge on any atom is 0.336 e. The van der Waals surface area contributed by atoms with Crippen molar-refractivity contribution in [1.29, 1.82) is 0 Å². The van der Waals surface area contributed by atoms with E-state index >= 15 is 0 Å². The molecule has 0 aliphatic heterocycles. The Morgan fingerprint density at radius 1 is 0.574 bits per heavy atom. The fourth-order valence-electron chi connectivity index (χ4n) is 7.26. The molecule has 6 aromatic rings. The second-order valence-electron chi connectivity index (χ2n) is 13.7. The van der Waals surface area contributed by atoms with E-state index in [1.165, 1.54) is 12.1 Å². The van der Waals surface area contributed by atoms with Gasteiger partial charge < -0.3 is 39.8 Å². The molecule has 6 rings (SSSR count). The van der Waals surface area contributed by atoms with Gasteiger partial charge in [0.2, 0.25) is 0 Å². The molecule has 4 aromatic carbocycles. The lowest BCUT2D eigenvalue weighted by Crippen LogP contribution is -2.09. The van der Waals surface area contributed by atoms with Crippen molar-refractivity contribution in [1.82, 2.24) is 9.13 Å². The van der Waals surface area contributed by atoms with Gasteiger partial charge in [-0.15, -0.1) is 0 Å². The van der Waals surface area contributed by atoms with Gasteiger partial charge in [-0.3, -0.25) is 9.59 Å². The molecule has 0 radical (unpaired) electrons. The quantitative estimate of drug-likeness (QED) is 0.0724. The number of phenols is 2. The Kier molecular flexibility index (Phi) is 11.4. The third-order valence-corrected chi connectivity index (χ3v) is 9.18. The van der Waals surface area contributed by atoms with E-state index in [2.05, 4.69) is 0 Å². The van der Waals surface area contributed by atoms with Crippen molar-refractivity contribution >= 4 is 45.7 Å². The van der Waals surface area contributed by atoms with Crippen molar-refractivity contribution in [3.05, 3.63) is 130 Å². The van der Waals surface area contributed by atoms with Gasteiger partial charge in [-0.05, 0) is 88.7 Å². The zero-order chi connectivity index (χ0) is 39.4. The molecule has 54 heavy (non-hydrogen) atoms. The number of rotatable bonds is 12. The minimum atomic E-state index is -1.09. The highest BCUT2D eigenvalue weighted by atomic mass is 16.4. The second kappa shape index (κ2) is 16.0. The van der Waals surface area contributed by atoms with E-state index in [0.717, 1.165) is 28.0 Å². The van der Waals surface area contributed by atoms with Gasteiger partial charge in [0, 0.05) is 46.3 Å². The Bertz CT molecular complexity index is 2400. The van der Waals surface area contributed by atoms with Crippen molar-refractivity contribution < 1.29 is 49.8 Å². The predicted molar refractivity (Wildman–Crippen MR) is 203 cm³/mol. The number of aromatic hydroxyl groups is 2. The maximum absolute atomic E-state index is 11.8. The zero-order valence-electron chi connectivity index (χ0n) is 30.3. The highest BCUT2D eigenvalue weighted by molar-refractivity contribution is 6.06. The van der Waals surface area contributed by atoms with Gasteiger partial charge in [0.25, 0.3) is 0 Å². The van der Waals surface area contributed by atoms with Gasteiger partial charge >= 0.3 is 23.9 Å². The van der Waals surface area contributed by atoms with Crippen molar-refractivity contribution in [2.75, 3.05) is 0 Å². The van der Waals surface area contributed by atoms with E-state index in [1.54, 1.807) is 54.6 Å². The van der Waals surface area contributed by atoms with Crippen LogP contribution in [0.4, 0.5) is 0 Å². The number of carboxylic acid groups (broad SMARTS) is 4. The highest BCUT2D eigenvalue weighted by Gasteiger charge is 2.26. The van der Waals surface area contributed by atoms with Crippen LogP contribution in [0.1, 0.15) is 93.9 Å².